The maximum atomic E-state index is 13.5. The second-order valence-electron chi connectivity index (χ2n) is 10.6. The van der Waals surface area contributed by atoms with Crippen molar-refractivity contribution in [2.45, 2.75) is 25.6 Å². The first-order valence-corrected chi connectivity index (χ1v) is 15.1. The fourth-order valence-electron chi connectivity index (χ4n) is 5.13. The zero-order valence-electron chi connectivity index (χ0n) is 25.1. The van der Waals surface area contributed by atoms with Gasteiger partial charge in [-0.2, -0.15) is 0 Å². The molecule has 1 N–H and O–H groups in total. The van der Waals surface area contributed by atoms with Crippen LogP contribution >= 0.6 is 0 Å². The number of aliphatic hydroxyl groups excluding tert-OH is 1. The molecule has 0 amide bonds. The smallest absolute Gasteiger partial charge is 0.157 e. The Morgan fingerprint density at radius 3 is 1.74 bits per heavy atom. The quantitative estimate of drug-likeness (QED) is 0.172. The van der Waals surface area contributed by atoms with E-state index in [0.717, 1.165) is 54.1 Å². The highest BCUT2D eigenvalue weighted by Gasteiger charge is 2.14. The predicted molar refractivity (Wildman–Crippen MR) is 169 cm³/mol. The first-order chi connectivity index (χ1) is 22.6. The number of nitrogens with zero attached hydrogens (tertiary/aromatic N) is 4. The number of imidazole rings is 2. The van der Waals surface area contributed by atoms with Crippen molar-refractivity contribution in [1.82, 2.24) is 18.8 Å². The van der Waals surface area contributed by atoms with Crippen LogP contribution in [0.5, 0.6) is 11.5 Å². The molecule has 11 heteroatoms. The molecule has 1 unspecified atom stereocenters. The summed E-state index contributed by atoms with van der Waals surface area (Å²) in [6, 6.07) is 21.1. The number of aromatic nitrogens is 4. The lowest BCUT2D eigenvalue weighted by Gasteiger charge is -2.22. The average molecular weight is 629 g/mol. The molecule has 4 aromatic heterocycles. The average Bonchev–Trinajstić information content (AvgIpc) is 3.71. The number of hydrogen-bond donors (Lipinski definition) is 1. The summed E-state index contributed by atoms with van der Waals surface area (Å²) < 4.78 is 52.4. The lowest BCUT2D eigenvalue weighted by Crippen LogP contribution is -2.24. The van der Waals surface area contributed by atoms with Crippen molar-refractivity contribution in [2.75, 3.05) is 33.0 Å². The van der Waals surface area contributed by atoms with E-state index in [2.05, 4.69) is 9.97 Å². The van der Waals surface area contributed by atoms with Crippen LogP contribution in [0.25, 0.3) is 33.8 Å². The van der Waals surface area contributed by atoms with Crippen molar-refractivity contribution in [1.29, 1.82) is 0 Å². The Kier molecular flexibility index (Phi) is 10.1. The molecule has 46 heavy (non-hydrogen) atoms. The monoisotopic (exact) mass is 628 g/mol. The number of rotatable bonds is 10. The minimum absolute atomic E-state index is 0.0196. The molecule has 0 saturated carbocycles. The van der Waals surface area contributed by atoms with E-state index < -0.39 is 0 Å². The van der Waals surface area contributed by atoms with Crippen LogP contribution in [0.3, 0.4) is 0 Å². The summed E-state index contributed by atoms with van der Waals surface area (Å²) in [5.74, 6) is 0.850. The van der Waals surface area contributed by atoms with E-state index in [9.17, 15) is 8.78 Å². The van der Waals surface area contributed by atoms with Crippen molar-refractivity contribution < 1.29 is 32.8 Å². The van der Waals surface area contributed by atoms with E-state index in [1.165, 1.54) is 24.5 Å². The Labute approximate surface area is 264 Å². The molecule has 9 nitrogen and oxygen atoms in total. The molecular formula is C35H34F2N4O5. The van der Waals surface area contributed by atoms with Gasteiger partial charge in [-0.05, 0) is 92.1 Å². The van der Waals surface area contributed by atoms with Gasteiger partial charge in [0, 0.05) is 30.1 Å². The zero-order chi connectivity index (χ0) is 31.7. The molecule has 0 bridgehead atoms. The molecule has 0 radical (unpaired) electrons. The molecule has 5 heterocycles. The van der Waals surface area contributed by atoms with Crippen LogP contribution in [0.15, 0.2) is 97.6 Å². The van der Waals surface area contributed by atoms with E-state index in [1.807, 2.05) is 48.5 Å². The summed E-state index contributed by atoms with van der Waals surface area (Å²) in [6.07, 6.45) is 9.42. The van der Waals surface area contributed by atoms with Gasteiger partial charge in [-0.3, -0.25) is 8.80 Å². The summed E-state index contributed by atoms with van der Waals surface area (Å²) in [4.78, 5) is 8.54. The van der Waals surface area contributed by atoms with Crippen molar-refractivity contribution >= 4 is 11.3 Å². The van der Waals surface area contributed by atoms with E-state index in [1.54, 1.807) is 33.3 Å². The van der Waals surface area contributed by atoms with Crippen LogP contribution in [-0.2, 0) is 9.47 Å². The fourth-order valence-corrected chi connectivity index (χ4v) is 5.13. The van der Waals surface area contributed by atoms with Gasteiger partial charge in [0.15, 0.2) is 6.29 Å². The van der Waals surface area contributed by atoms with Gasteiger partial charge in [-0.25, -0.2) is 18.7 Å². The predicted octanol–water partition coefficient (Wildman–Crippen LogP) is 6.57. The molecule has 238 valence electrons. The van der Waals surface area contributed by atoms with Gasteiger partial charge in [0.05, 0.1) is 37.0 Å². The Morgan fingerprint density at radius 2 is 1.24 bits per heavy atom. The van der Waals surface area contributed by atoms with E-state index >= 15 is 0 Å². The first-order valence-electron chi connectivity index (χ1n) is 15.1. The van der Waals surface area contributed by atoms with E-state index in [4.69, 9.17) is 24.1 Å². The standard InChI is InChI=1S/C20H21FN2O3.C15H13FN2O2/c21-16-6-9-19-22-13-18(23(19)14-16)15-4-7-17(8-5-15)24-11-12-26-20-3-1-2-10-25-20;16-12-3-6-15-17-9-14(18(15)10-12)11-1-4-13(5-2-11)20-8-7-19/h4-9,13-14,20H,1-3,10-12H2;1-6,9-10,19H,7-8H2. The Morgan fingerprint density at radius 1 is 0.696 bits per heavy atom. The summed E-state index contributed by atoms with van der Waals surface area (Å²) in [5.41, 5.74) is 4.92. The zero-order valence-corrected chi connectivity index (χ0v) is 25.1. The molecule has 6 aromatic rings. The van der Waals surface area contributed by atoms with Crippen LogP contribution in [0.1, 0.15) is 19.3 Å². The maximum Gasteiger partial charge on any atom is 0.157 e. The molecule has 7 rings (SSSR count). The fraction of sp³-hybridized carbons (Fsp3) is 0.257. The van der Waals surface area contributed by atoms with Crippen LogP contribution in [0, 0.1) is 11.6 Å². The topological polar surface area (TPSA) is 91.8 Å². The summed E-state index contributed by atoms with van der Waals surface area (Å²) in [5, 5.41) is 8.70. The summed E-state index contributed by atoms with van der Waals surface area (Å²) in [6.45, 7) is 1.99. The third-order valence-corrected chi connectivity index (χ3v) is 7.39. The second-order valence-corrected chi connectivity index (χ2v) is 10.6. The molecule has 1 fully saturated rings. The van der Waals surface area contributed by atoms with Crippen molar-refractivity contribution in [2.24, 2.45) is 0 Å². The largest absolute Gasteiger partial charge is 0.491 e. The molecule has 1 aliphatic rings. The Hall–Kier alpha value is -4.84. The summed E-state index contributed by atoms with van der Waals surface area (Å²) in [7, 11) is 0. The van der Waals surface area contributed by atoms with Crippen LogP contribution in [-0.4, -0.2) is 63.2 Å². The normalized spacial score (nSPS) is 14.6. The van der Waals surface area contributed by atoms with E-state index in [-0.39, 0.29) is 31.1 Å². The second kappa shape index (κ2) is 15.0. The lowest BCUT2D eigenvalue weighted by atomic mass is 10.1. The SMILES string of the molecule is Fc1ccc2ncc(-c3ccc(OCCOC4CCCCO4)cc3)n2c1.OCCOc1ccc(-c2cnc3ccc(F)cn23)cc1. The van der Waals surface area contributed by atoms with E-state index in [0.29, 0.717) is 30.3 Å². The highest BCUT2D eigenvalue weighted by molar-refractivity contribution is 5.65. The van der Waals surface area contributed by atoms with Gasteiger partial charge in [0.1, 0.15) is 47.6 Å². The van der Waals surface area contributed by atoms with Gasteiger partial charge in [-0.1, -0.05) is 0 Å². The number of hydrogen-bond acceptors (Lipinski definition) is 7. The van der Waals surface area contributed by atoms with Crippen molar-refractivity contribution in [3.8, 4) is 34.0 Å². The number of aliphatic hydroxyl groups is 1. The van der Waals surface area contributed by atoms with Crippen molar-refractivity contribution in [3.63, 3.8) is 0 Å². The molecule has 1 saturated heterocycles. The van der Waals surface area contributed by atoms with Gasteiger partial charge in [0.25, 0.3) is 0 Å². The van der Waals surface area contributed by atoms with Crippen LogP contribution in [0.2, 0.25) is 0 Å². The summed E-state index contributed by atoms with van der Waals surface area (Å²) >= 11 is 0. The van der Waals surface area contributed by atoms with Gasteiger partial charge in [0.2, 0.25) is 0 Å². The minimum atomic E-state index is -0.306. The lowest BCUT2D eigenvalue weighted by molar-refractivity contribution is -0.165. The molecule has 1 aliphatic heterocycles. The molecule has 0 aliphatic carbocycles. The van der Waals surface area contributed by atoms with Crippen molar-refractivity contribution in [3.05, 3.63) is 109 Å². The number of ether oxygens (including phenoxy) is 4. The molecule has 1 atom stereocenters. The van der Waals surface area contributed by atoms with Gasteiger partial charge >= 0.3 is 0 Å². The Balaban J connectivity index is 0.000000167. The van der Waals surface area contributed by atoms with Crippen LogP contribution < -0.4 is 9.47 Å². The molecule has 2 aromatic carbocycles. The molecular weight excluding hydrogens is 594 g/mol. The number of halogens is 2. The van der Waals surface area contributed by atoms with Gasteiger partial charge in [-0.15, -0.1) is 0 Å². The number of fused-ring (bicyclic) bond motifs is 2. The van der Waals surface area contributed by atoms with Crippen LogP contribution in [0.4, 0.5) is 8.78 Å². The Bertz CT molecular complexity index is 1850. The highest BCUT2D eigenvalue weighted by atomic mass is 19.1. The number of pyridine rings is 2. The third kappa shape index (κ3) is 7.68. The maximum absolute atomic E-state index is 13.5. The minimum Gasteiger partial charge on any atom is -0.491 e. The number of benzene rings is 2. The molecule has 0 spiro atoms. The highest BCUT2D eigenvalue weighted by Crippen LogP contribution is 2.25. The third-order valence-electron chi connectivity index (χ3n) is 7.39. The van der Waals surface area contributed by atoms with Gasteiger partial charge < -0.3 is 24.1 Å². The first kappa shape index (κ1) is 31.2.